The van der Waals surface area contributed by atoms with Gasteiger partial charge in [-0.3, -0.25) is 4.79 Å². The lowest BCUT2D eigenvalue weighted by atomic mass is 10.2. The van der Waals surface area contributed by atoms with Gasteiger partial charge < -0.3 is 5.32 Å². The van der Waals surface area contributed by atoms with Crippen LogP contribution in [0.25, 0.3) is 0 Å². The van der Waals surface area contributed by atoms with Crippen molar-refractivity contribution in [2.75, 3.05) is 6.54 Å². The first kappa shape index (κ1) is 12.6. The number of hydrogen-bond donors (Lipinski definition) is 1. The van der Waals surface area contributed by atoms with Crippen LogP contribution in [0.5, 0.6) is 0 Å². The van der Waals surface area contributed by atoms with Crippen LogP contribution < -0.4 is 5.32 Å². The minimum atomic E-state index is -1.09. The van der Waals surface area contributed by atoms with Crippen molar-refractivity contribution in [3.8, 4) is 0 Å². The number of carbonyl (C=O) groups is 1. The Bertz CT molecular complexity index is 366. The number of benzene rings is 1. The van der Waals surface area contributed by atoms with Crippen LogP contribution in [0.3, 0.4) is 0 Å². The van der Waals surface area contributed by atoms with E-state index in [0.29, 0.717) is 6.54 Å². The first-order valence-electron chi connectivity index (χ1n) is 5.39. The molecule has 2 nitrogen and oxygen atoms in total. The molecule has 1 rings (SSSR count). The molecule has 1 aromatic carbocycles. The summed E-state index contributed by atoms with van der Waals surface area (Å²) in [5, 5.41) is 2.56. The molecule has 1 N–H and O–H groups in total. The van der Waals surface area contributed by atoms with E-state index < -0.39 is 17.5 Å². The summed E-state index contributed by atoms with van der Waals surface area (Å²) in [5.41, 5.74) is -0.239. The molecule has 0 aliphatic rings. The van der Waals surface area contributed by atoms with Crippen LogP contribution in [-0.4, -0.2) is 12.5 Å². The highest BCUT2D eigenvalue weighted by atomic mass is 19.2. The topological polar surface area (TPSA) is 29.1 Å². The second-order valence-corrected chi connectivity index (χ2v) is 3.56. The first-order chi connectivity index (χ1) is 7.66. The zero-order chi connectivity index (χ0) is 12.0. The van der Waals surface area contributed by atoms with Gasteiger partial charge in [0.05, 0.1) is 5.56 Å². The fourth-order valence-corrected chi connectivity index (χ4v) is 1.35. The van der Waals surface area contributed by atoms with Crippen molar-refractivity contribution in [1.29, 1.82) is 0 Å². The van der Waals surface area contributed by atoms with E-state index in [-0.39, 0.29) is 5.56 Å². The average molecular weight is 227 g/mol. The average Bonchev–Trinajstić information content (AvgIpc) is 2.28. The van der Waals surface area contributed by atoms with Gasteiger partial charge in [0.25, 0.3) is 5.91 Å². The maximum atomic E-state index is 13.2. The Balaban J connectivity index is 2.56. The molecule has 16 heavy (non-hydrogen) atoms. The maximum Gasteiger partial charge on any atom is 0.254 e. The quantitative estimate of drug-likeness (QED) is 0.770. The number of halogens is 2. The van der Waals surface area contributed by atoms with Crippen molar-refractivity contribution in [2.45, 2.75) is 26.2 Å². The Kier molecular flexibility index (Phi) is 4.89. The lowest BCUT2D eigenvalue weighted by Crippen LogP contribution is -2.25. The summed E-state index contributed by atoms with van der Waals surface area (Å²) in [4.78, 5) is 11.5. The Morgan fingerprint density at radius 2 is 2.06 bits per heavy atom. The van der Waals surface area contributed by atoms with Gasteiger partial charge in [0.2, 0.25) is 0 Å². The van der Waals surface area contributed by atoms with Crippen LogP contribution in [0.4, 0.5) is 8.78 Å². The maximum absolute atomic E-state index is 13.2. The summed E-state index contributed by atoms with van der Waals surface area (Å²) in [6.45, 7) is 2.54. The van der Waals surface area contributed by atoms with E-state index in [2.05, 4.69) is 5.32 Å². The van der Waals surface area contributed by atoms with Gasteiger partial charge in [-0.25, -0.2) is 8.78 Å². The molecule has 0 unspecified atom stereocenters. The summed E-state index contributed by atoms with van der Waals surface area (Å²) in [5.74, 6) is -2.65. The Labute approximate surface area is 93.7 Å². The number of amides is 1. The van der Waals surface area contributed by atoms with Gasteiger partial charge >= 0.3 is 0 Å². The largest absolute Gasteiger partial charge is 0.352 e. The monoisotopic (exact) mass is 227 g/mol. The normalized spacial score (nSPS) is 10.2. The van der Waals surface area contributed by atoms with E-state index in [1.807, 2.05) is 6.92 Å². The van der Waals surface area contributed by atoms with E-state index in [9.17, 15) is 13.6 Å². The fourth-order valence-electron chi connectivity index (χ4n) is 1.35. The number of nitrogens with one attached hydrogen (secondary N) is 1. The molecule has 0 aromatic heterocycles. The van der Waals surface area contributed by atoms with Gasteiger partial charge in [-0.2, -0.15) is 0 Å². The minimum absolute atomic E-state index is 0.239. The van der Waals surface area contributed by atoms with Gasteiger partial charge in [0.1, 0.15) is 0 Å². The molecule has 88 valence electrons. The zero-order valence-electron chi connectivity index (χ0n) is 9.22. The highest BCUT2D eigenvalue weighted by Crippen LogP contribution is 2.10. The summed E-state index contributed by atoms with van der Waals surface area (Å²) < 4.78 is 26.0. The van der Waals surface area contributed by atoms with Gasteiger partial charge in [0, 0.05) is 6.54 Å². The standard InChI is InChI=1S/C12H15F2NO/c1-2-3-4-8-15-12(16)9-6-5-7-10(13)11(9)14/h5-7H,2-4,8H2,1H3,(H,15,16). The number of rotatable bonds is 5. The summed E-state index contributed by atoms with van der Waals surface area (Å²) >= 11 is 0. The highest BCUT2D eigenvalue weighted by Gasteiger charge is 2.13. The summed E-state index contributed by atoms with van der Waals surface area (Å²) in [6, 6.07) is 3.58. The SMILES string of the molecule is CCCCCNC(=O)c1cccc(F)c1F. The predicted octanol–water partition coefficient (Wildman–Crippen LogP) is 2.88. The molecular weight excluding hydrogens is 212 g/mol. The van der Waals surface area contributed by atoms with Crippen molar-refractivity contribution in [3.63, 3.8) is 0 Å². The molecule has 1 aromatic rings. The Morgan fingerprint density at radius 1 is 1.31 bits per heavy atom. The van der Waals surface area contributed by atoms with E-state index in [1.165, 1.54) is 12.1 Å². The molecule has 0 aliphatic carbocycles. The van der Waals surface area contributed by atoms with Crippen LogP contribution in [-0.2, 0) is 0 Å². The predicted molar refractivity (Wildman–Crippen MR) is 58.2 cm³/mol. The molecule has 0 aliphatic heterocycles. The third-order valence-electron chi connectivity index (χ3n) is 2.26. The van der Waals surface area contributed by atoms with Crippen LogP contribution >= 0.6 is 0 Å². The van der Waals surface area contributed by atoms with Gasteiger partial charge in [-0.15, -0.1) is 0 Å². The van der Waals surface area contributed by atoms with Gasteiger partial charge in [-0.05, 0) is 18.6 Å². The van der Waals surface area contributed by atoms with Crippen molar-refractivity contribution in [3.05, 3.63) is 35.4 Å². The van der Waals surface area contributed by atoms with Gasteiger partial charge in [-0.1, -0.05) is 25.8 Å². The molecule has 0 fully saturated rings. The van der Waals surface area contributed by atoms with Crippen molar-refractivity contribution < 1.29 is 13.6 Å². The molecule has 0 bridgehead atoms. The smallest absolute Gasteiger partial charge is 0.254 e. The lowest BCUT2D eigenvalue weighted by Gasteiger charge is -2.05. The Morgan fingerprint density at radius 3 is 2.75 bits per heavy atom. The molecule has 4 heteroatoms. The lowest BCUT2D eigenvalue weighted by molar-refractivity contribution is 0.0948. The van der Waals surface area contributed by atoms with E-state index >= 15 is 0 Å². The van der Waals surface area contributed by atoms with Crippen LogP contribution in [0.15, 0.2) is 18.2 Å². The molecular formula is C12H15F2NO. The van der Waals surface area contributed by atoms with Crippen molar-refractivity contribution in [2.24, 2.45) is 0 Å². The molecule has 0 saturated carbocycles. The second kappa shape index (κ2) is 6.20. The zero-order valence-corrected chi connectivity index (χ0v) is 9.22. The van der Waals surface area contributed by atoms with E-state index in [4.69, 9.17) is 0 Å². The molecule has 0 saturated heterocycles. The third-order valence-corrected chi connectivity index (χ3v) is 2.26. The van der Waals surface area contributed by atoms with E-state index in [1.54, 1.807) is 0 Å². The van der Waals surface area contributed by atoms with Crippen LogP contribution in [0.2, 0.25) is 0 Å². The molecule has 0 heterocycles. The Hall–Kier alpha value is -1.45. The molecule has 0 radical (unpaired) electrons. The molecule has 1 amide bonds. The van der Waals surface area contributed by atoms with Crippen molar-refractivity contribution in [1.82, 2.24) is 5.32 Å². The first-order valence-corrected chi connectivity index (χ1v) is 5.39. The summed E-state index contributed by atoms with van der Waals surface area (Å²) in [7, 11) is 0. The molecule has 0 atom stereocenters. The number of unbranched alkanes of at least 4 members (excludes halogenated alkanes) is 2. The van der Waals surface area contributed by atoms with Crippen molar-refractivity contribution >= 4 is 5.91 Å². The summed E-state index contributed by atoms with van der Waals surface area (Å²) in [6.07, 6.45) is 2.90. The third kappa shape index (κ3) is 3.29. The van der Waals surface area contributed by atoms with Gasteiger partial charge in [0.15, 0.2) is 11.6 Å². The minimum Gasteiger partial charge on any atom is -0.352 e. The molecule has 0 spiro atoms. The van der Waals surface area contributed by atoms with E-state index in [0.717, 1.165) is 25.3 Å². The fraction of sp³-hybridized carbons (Fsp3) is 0.417. The second-order valence-electron chi connectivity index (χ2n) is 3.56. The van der Waals surface area contributed by atoms with Crippen LogP contribution in [0.1, 0.15) is 36.5 Å². The number of carbonyl (C=O) groups excluding carboxylic acids is 1. The van der Waals surface area contributed by atoms with Crippen LogP contribution in [0, 0.1) is 11.6 Å². The highest BCUT2D eigenvalue weighted by molar-refractivity contribution is 5.94. The number of hydrogen-bond acceptors (Lipinski definition) is 1.